The first-order chi connectivity index (χ1) is 6.67. The van der Waals surface area contributed by atoms with Crippen molar-refractivity contribution in [3.8, 4) is 0 Å². The van der Waals surface area contributed by atoms with Crippen molar-refractivity contribution < 1.29 is 14.3 Å². The van der Waals surface area contributed by atoms with Crippen molar-refractivity contribution in [3.05, 3.63) is 0 Å². The average molecular weight is 200 g/mol. The monoisotopic (exact) mass is 200 g/mol. The Morgan fingerprint density at radius 2 is 2.29 bits per heavy atom. The van der Waals surface area contributed by atoms with Crippen LogP contribution in [0.5, 0.6) is 0 Å². The third kappa shape index (κ3) is 2.61. The molecule has 0 aromatic carbocycles. The molecule has 5 nitrogen and oxygen atoms in total. The Balaban J connectivity index is 2.34. The molecule has 1 unspecified atom stereocenters. The summed E-state index contributed by atoms with van der Waals surface area (Å²) >= 11 is 0. The number of nitrogens with one attached hydrogen (secondary N) is 1. The van der Waals surface area contributed by atoms with Gasteiger partial charge >= 0.3 is 6.09 Å². The van der Waals surface area contributed by atoms with Crippen LogP contribution in [0.4, 0.5) is 4.79 Å². The summed E-state index contributed by atoms with van der Waals surface area (Å²) in [5.41, 5.74) is 0. The molecule has 0 radical (unpaired) electrons. The van der Waals surface area contributed by atoms with Crippen LogP contribution in [0.25, 0.3) is 0 Å². The maximum Gasteiger partial charge on any atom is 0.407 e. The first-order valence-electron chi connectivity index (χ1n) is 4.79. The van der Waals surface area contributed by atoms with Crippen molar-refractivity contribution in [2.75, 3.05) is 20.2 Å². The van der Waals surface area contributed by atoms with Gasteiger partial charge in [-0.05, 0) is 6.42 Å². The minimum absolute atomic E-state index is 0.0398. The van der Waals surface area contributed by atoms with E-state index < -0.39 is 6.09 Å². The van der Waals surface area contributed by atoms with Gasteiger partial charge < -0.3 is 15.0 Å². The van der Waals surface area contributed by atoms with Crippen molar-refractivity contribution in [1.82, 2.24) is 10.2 Å². The Labute approximate surface area is 83.4 Å². The number of hydrogen-bond acceptors (Lipinski definition) is 3. The fourth-order valence-corrected chi connectivity index (χ4v) is 1.55. The van der Waals surface area contributed by atoms with Gasteiger partial charge in [0.05, 0.1) is 13.2 Å². The maximum atomic E-state index is 11.3. The lowest BCUT2D eigenvalue weighted by atomic mass is 10.3. The number of carbonyl (C=O) groups excluding carboxylic acids is 2. The largest absolute Gasteiger partial charge is 0.453 e. The number of carbonyl (C=O) groups is 2. The lowest BCUT2D eigenvalue weighted by Crippen LogP contribution is -2.38. The Morgan fingerprint density at radius 3 is 2.86 bits per heavy atom. The van der Waals surface area contributed by atoms with E-state index in [0.717, 1.165) is 13.0 Å². The summed E-state index contributed by atoms with van der Waals surface area (Å²) in [6.07, 6.45) is 0.895. The molecule has 1 aliphatic heterocycles. The van der Waals surface area contributed by atoms with Gasteiger partial charge in [0.2, 0.25) is 5.91 Å². The van der Waals surface area contributed by atoms with Crippen LogP contribution in [0.1, 0.15) is 19.8 Å². The van der Waals surface area contributed by atoms with Gasteiger partial charge in [-0.3, -0.25) is 4.79 Å². The highest BCUT2D eigenvalue weighted by Crippen LogP contribution is 2.10. The average Bonchev–Trinajstić information content (AvgIpc) is 2.65. The molecule has 0 bridgehead atoms. The Morgan fingerprint density at radius 1 is 1.57 bits per heavy atom. The molecule has 1 aliphatic rings. The number of nitrogens with zero attached hydrogens (tertiary/aromatic N) is 1. The van der Waals surface area contributed by atoms with Gasteiger partial charge in [0.1, 0.15) is 0 Å². The molecule has 14 heavy (non-hydrogen) atoms. The summed E-state index contributed by atoms with van der Waals surface area (Å²) in [4.78, 5) is 23.9. The summed E-state index contributed by atoms with van der Waals surface area (Å²) < 4.78 is 4.48. The second-order valence-corrected chi connectivity index (χ2v) is 3.31. The molecule has 0 saturated carbocycles. The standard InChI is InChI=1S/C9H16N2O3/c1-3-8(12)11-5-4-7(6-11)10-9(13)14-2/h7H,3-6H2,1-2H3,(H,10,13). The highest BCUT2D eigenvalue weighted by atomic mass is 16.5. The summed E-state index contributed by atoms with van der Waals surface area (Å²) in [7, 11) is 1.33. The summed E-state index contributed by atoms with van der Waals surface area (Å²) in [5, 5.41) is 2.68. The van der Waals surface area contributed by atoms with Crippen LogP contribution in [0.15, 0.2) is 0 Å². The van der Waals surface area contributed by atoms with Crippen LogP contribution in [0.2, 0.25) is 0 Å². The normalized spacial score (nSPS) is 20.7. The van der Waals surface area contributed by atoms with Gasteiger partial charge in [-0.1, -0.05) is 6.92 Å². The molecule has 80 valence electrons. The van der Waals surface area contributed by atoms with Gasteiger partial charge in [-0.15, -0.1) is 0 Å². The van der Waals surface area contributed by atoms with Gasteiger partial charge in [0.25, 0.3) is 0 Å². The third-order valence-electron chi connectivity index (χ3n) is 2.35. The number of alkyl carbamates (subject to hydrolysis) is 1. The number of methoxy groups -OCH3 is 1. The van der Waals surface area contributed by atoms with Crippen LogP contribution >= 0.6 is 0 Å². The zero-order valence-corrected chi connectivity index (χ0v) is 8.58. The van der Waals surface area contributed by atoms with E-state index in [1.807, 2.05) is 6.92 Å². The molecule has 2 amide bonds. The lowest BCUT2D eigenvalue weighted by molar-refractivity contribution is -0.129. The summed E-state index contributed by atoms with van der Waals surface area (Å²) in [5.74, 6) is 0.138. The van der Waals surface area contributed by atoms with E-state index in [0.29, 0.717) is 13.0 Å². The summed E-state index contributed by atoms with van der Waals surface area (Å²) in [6.45, 7) is 3.16. The highest BCUT2D eigenvalue weighted by molar-refractivity contribution is 5.76. The van der Waals surface area contributed by atoms with Crippen LogP contribution in [0.3, 0.4) is 0 Å². The fraction of sp³-hybridized carbons (Fsp3) is 0.778. The Bertz CT molecular complexity index is 230. The smallest absolute Gasteiger partial charge is 0.407 e. The third-order valence-corrected chi connectivity index (χ3v) is 2.35. The Kier molecular flexibility index (Phi) is 3.73. The van der Waals surface area contributed by atoms with Gasteiger partial charge in [-0.2, -0.15) is 0 Å². The number of hydrogen-bond donors (Lipinski definition) is 1. The molecule has 0 aromatic heterocycles. The van der Waals surface area contributed by atoms with Gasteiger partial charge in [0.15, 0.2) is 0 Å². The van der Waals surface area contributed by atoms with E-state index in [4.69, 9.17) is 0 Å². The number of amides is 2. The van der Waals surface area contributed by atoms with Crippen molar-refractivity contribution in [3.63, 3.8) is 0 Å². The molecule has 0 spiro atoms. The molecular formula is C9H16N2O3. The van der Waals surface area contributed by atoms with E-state index in [2.05, 4.69) is 10.1 Å². The van der Waals surface area contributed by atoms with E-state index in [-0.39, 0.29) is 11.9 Å². The van der Waals surface area contributed by atoms with Gasteiger partial charge in [0, 0.05) is 19.5 Å². The first kappa shape index (κ1) is 10.8. The number of ether oxygens (including phenoxy) is 1. The van der Waals surface area contributed by atoms with Crippen molar-refractivity contribution in [2.45, 2.75) is 25.8 Å². The molecule has 1 saturated heterocycles. The molecule has 1 N–H and O–H groups in total. The van der Waals surface area contributed by atoms with E-state index in [1.54, 1.807) is 4.90 Å². The topological polar surface area (TPSA) is 58.6 Å². The molecule has 1 heterocycles. The van der Waals surface area contributed by atoms with Crippen molar-refractivity contribution >= 4 is 12.0 Å². The predicted octanol–water partition coefficient (Wildman–Crippen LogP) is 0.353. The molecule has 1 rings (SSSR count). The summed E-state index contributed by atoms with van der Waals surface area (Å²) in [6, 6.07) is 0.0398. The van der Waals surface area contributed by atoms with Gasteiger partial charge in [-0.25, -0.2) is 4.79 Å². The minimum Gasteiger partial charge on any atom is -0.453 e. The van der Waals surface area contributed by atoms with Crippen molar-refractivity contribution in [2.24, 2.45) is 0 Å². The van der Waals surface area contributed by atoms with Crippen LogP contribution in [-0.2, 0) is 9.53 Å². The second kappa shape index (κ2) is 4.83. The molecule has 1 atom stereocenters. The second-order valence-electron chi connectivity index (χ2n) is 3.31. The number of likely N-dealkylation sites (tertiary alicyclic amines) is 1. The van der Waals surface area contributed by atoms with E-state index >= 15 is 0 Å². The molecule has 0 aromatic rings. The molecular weight excluding hydrogens is 184 g/mol. The van der Waals surface area contributed by atoms with Crippen molar-refractivity contribution in [1.29, 1.82) is 0 Å². The zero-order valence-electron chi connectivity index (χ0n) is 8.58. The van der Waals surface area contributed by atoms with E-state index in [9.17, 15) is 9.59 Å². The zero-order chi connectivity index (χ0) is 10.6. The predicted molar refractivity (Wildman–Crippen MR) is 50.8 cm³/mol. The fourth-order valence-electron chi connectivity index (χ4n) is 1.55. The van der Waals surface area contributed by atoms with E-state index in [1.165, 1.54) is 7.11 Å². The Hall–Kier alpha value is -1.26. The van der Waals surface area contributed by atoms with Crippen LogP contribution in [0, 0.1) is 0 Å². The maximum absolute atomic E-state index is 11.3. The molecule has 0 aliphatic carbocycles. The molecule has 5 heteroatoms. The van der Waals surface area contributed by atoms with Crippen LogP contribution in [-0.4, -0.2) is 43.1 Å². The first-order valence-corrected chi connectivity index (χ1v) is 4.79. The lowest BCUT2D eigenvalue weighted by Gasteiger charge is -2.15. The SMILES string of the molecule is CCC(=O)N1CCC(NC(=O)OC)C1. The quantitative estimate of drug-likeness (QED) is 0.700. The highest BCUT2D eigenvalue weighted by Gasteiger charge is 2.26. The number of rotatable bonds is 2. The molecule has 1 fully saturated rings. The minimum atomic E-state index is -0.430. The van der Waals surface area contributed by atoms with Crippen LogP contribution < -0.4 is 5.32 Å².